The molecule has 0 unspecified atom stereocenters. The van der Waals surface area contributed by atoms with E-state index in [4.69, 9.17) is 0 Å². The quantitative estimate of drug-likeness (QED) is 0.435. The third kappa shape index (κ3) is 4.29. The zero-order chi connectivity index (χ0) is 7.61. The maximum Gasteiger partial charge on any atom is 0.132 e. The Morgan fingerprint density at radius 2 is 1.33 bits per heavy atom. The van der Waals surface area contributed by atoms with E-state index in [1.165, 1.54) is 5.69 Å². The van der Waals surface area contributed by atoms with Gasteiger partial charge in [0.2, 0.25) is 0 Å². The first-order valence-electron chi connectivity index (χ1n) is 3.48. The minimum absolute atomic E-state index is 0. The van der Waals surface area contributed by atoms with Gasteiger partial charge < -0.3 is 12.4 Å². The monoisotopic (exact) mass is 368 g/mol. The standard InChI is InChI=1S/C9H14N.Au.ClH/c1-10(2,3)9-7-5-4-6-8-9;;/h4-8H,1-3H3;;1H/q+1;;/p-1. The molecule has 3 heteroatoms. The average Bonchev–Trinajstić information content (AvgIpc) is 1.88. The smallest absolute Gasteiger partial charge is 0.132 e. The van der Waals surface area contributed by atoms with Crippen LogP contribution in [0.3, 0.4) is 0 Å². The summed E-state index contributed by atoms with van der Waals surface area (Å²) in [5.41, 5.74) is 1.34. The number of rotatable bonds is 1. The maximum absolute atomic E-state index is 2.16. The Bertz CT molecular complexity index is 206. The molecule has 0 spiro atoms. The average molecular weight is 369 g/mol. The van der Waals surface area contributed by atoms with Gasteiger partial charge in [0.1, 0.15) is 5.69 Å². The summed E-state index contributed by atoms with van der Waals surface area (Å²) >= 11 is 0. The Hall–Kier alpha value is 0.210. The van der Waals surface area contributed by atoms with Gasteiger partial charge in [-0.2, -0.15) is 0 Å². The topological polar surface area (TPSA) is 0 Å². The second-order valence-corrected chi connectivity index (χ2v) is 3.35. The van der Waals surface area contributed by atoms with Crippen LogP contribution in [-0.4, -0.2) is 21.1 Å². The molecule has 0 N–H and O–H groups in total. The molecule has 0 saturated heterocycles. The third-order valence-corrected chi connectivity index (χ3v) is 1.53. The van der Waals surface area contributed by atoms with Crippen LogP contribution in [-0.2, 0) is 22.4 Å². The molecule has 0 fully saturated rings. The molecule has 0 heterocycles. The van der Waals surface area contributed by atoms with Crippen molar-refractivity contribution in [2.45, 2.75) is 0 Å². The zero-order valence-electron chi connectivity index (χ0n) is 7.51. The summed E-state index contributed by atoms with van der Waals surface area (Å²) in [4.78, 5) is 0. The van der Waals surface area contributed by atoms with Gasteiger partial charge in [-0.25, -0.2) is 0 Å². The summed E-state index contributed by atoms with van der Waals surface area (Å²) in [6, 6.07) is 10.5. The molecule has 73 valence electrons. The van der Waals surface area contributed by atoms with Crippen LogP contribution in [0.4, 0.5) is 5.69 Å². The van der Waals surface area contributed by atoms with Crippen LogP contribution in [0.2, 0.25) is 0 Å². The SMILES string of the molecule is C[N+](C)(C)c1ccccc1.[Au].[Cl-]. The van der Waals surface area contributed by atoms with E-state index in [9.17, 15) is 0 Å². The van der Waals surface area contributed by atoms with Gasteiger partial charge in [-0.15, -0.1) is 0 Å². The summed E-state index contributed by atoms with van der Waals surface area (Å²) < 4.78 is 0.890. The van der Waals surface area contributed by atoms with Gasteiger partial charge in [0.25, 0.3) is 0 Å². The molecule has 1 aromatic rings. The van der Waals surface area contributed by atoms with Crippen molar-refractivity contribution in [3.05, 3.63) is 30.3 Å². The van der Waals surface area contributed by atoms with E-state index >= 15 is 0 Å². The first-order chi connectivity index (χ1) is 4.61. The fourth-order valence-electron chi connectivity index (χ4n) is 0.875. The number of quaternary nitrogens is 1. The van der Waals surface area contributed by atoms with E-state index in [1.54, 1.807) is 0 Å². The van der Waals surface area contributed by atoms with Gasteiger partial charge in [-0.1, -0.05) is 18.2 Å². The second kappa shape index (κ2) is 5.79. The summed E-state index contributed by atoms with van der Waals surface area (Å²) in [6.45, 7) is 0. The van der Waals surface area contributed by atoms with Gasteiger partial charge in [-0.05, 0) is 12.1 Å². The predicted molar refractivity (Wildman–Crippen MR) is 46.0 cm³/mol. The van der Waals surface area contributed by atoms with E-state index in [1.807, 2.05) is 6.07 Å². The van der Waals surface area contributed by atoms with Crippen LogP contribution < -0.4 is 16.9 Å². The molecular formula is C9H14AuClN. The first kappa shape index (κ1) is 14.7. The van der Waals surface area contributed by atoms with Crippen molar-refractivity contribution in [3.63, 3.8) is 0 Å². The Morgan fingerprint density at radius 1 is 0.917 bits per heavy atom. The van der Waals surface area contributed by atoms with Crippen LogP contribution in [0, 0.1) is 0 Å². The molecule has 1 radical (unpaired) electrons. The Kier molecular flexibility index (Phi) is 7.10. The number of hydrogen-bond acceptors (Lipinski definition) is 0. The summed E-state index contributed by atoms with van der Waals surface area (Å²) in [6.07, 6.45) is 0. The molecule has 0 aliphatic heterocycles. The van der Waals surface area contributed by atoms with Gasteiger partial charge in [0, 0.05) is 22.4 Å². The van der Waals surface area contributed by atoms with E-state index < -0.39 is 0 Å². The Labute approximate surface area is 96.3 Å². The van der Waals surface area contributed by atoms with Crippen molar-refractivity contribution in [2.24, 2.45) is 0 Å². The molecular weight excluding hydrogens is 355 g/mol. The van der Waals surface area contributed by atoms with Crippen molar-refractivity contribution in [2.75, 3.05) is 21.1 Å². The summed E-state index contributed by atoms with van der Waals surface area (Å²) in [7, 11) is 6.49. The molecule has 0 aromatic heterocycles. The molecule has 0 bridgehead atoms. The third-order valence-electron chi connectivity index (χ3n) is 1.53. The van der Waals surface area contributed by atoms with E-state index in [2.05, 4.69) is 45.4 Å². The zero-order valence-corrected chi connectivity index (χ0v) is 10.4. The number of hydrogen-bond donors (Lipinski definition) is 0. The summed E-state index contributed by atoms with van der Waals surface area (Å²) in [5, 5.41) is 0. The van der Waals surface area contributed by atoms with Crippen LogP contribution in [0.1, 0.15) is 0 Å². The molecule has 0 aliphatic rings. The van der Waals surface area contributed by atoms with Gasteiger partial charge >= 0.3 is 0 Å². The molecule has 0 saturated carbocycles. The molecule has 0 atom stereocenters. The number of halogens is 1. The summed E-state index contributed by atoms with van der Waals surface area (Å²) in [5.74, 6) is 0. The largest absolute Gasteiger partial charge is 1.00 e. The fraction of sp³-hybridized carbons (Fsp3) is 0.333. The van der Waals surface area contributed by atoms with Crippen LogP contribution in [0.15, 0.2) is 30.3 Å². The van der Waals surface area contributed by atoms with Crippen LogP contribution in [0.25, 0.3) is 0 Å². The van der Waals surface area contributed by atoms with Crippen molar-refractivity contribution in [3.8, 4) is 0 Å². The Balaban J connectivity index is 0. The molecule has 12 heavy (non-hydrogen) atoms. The molecule has 1 aromatic carbocycles. The first-order valence-corrected chi connectivity index (χ1v) is 3.48. The Morgan fingerprint density at radius 3 is 1.58 bits per heavy atom. The van der Waals surface area contributed by atoms with Crippen LogP contribution in [0.5, 0.6) is 0 Å². The van der Waals surface area contributed by atoms with Crippen molar-refractivity contribution >= 4 is 5.69 Å². The fourth-order valence-corrected chi connectivity index (χ4v) is 0.875. The predicted octanol–water partition coefficient (Wildman–Crippen LogP) is -1.12. The maximum atomic E-state index is 2.16. The number of para-hydroxylation sites is 1. The van der Waals surface area contributed by atoms with Gasteiger partial charge in [-0.3, -0.25) is 4.48 Å². The normalized spacial score (nSPS) is 9.58. The molecule has 1 nitrogen and oxygen atoms in total. The van der Waals surface area contributed by atoms with Crippen LogP contribution >= 0.6 is 0 Å². The minimum Gasteiger partial charge on any atom is -1.00 e. The van der Waals surface area contributed by atoms with Gasteiger partial charge in [0.05, 0.1) is 21.1 Å². The molecule has 0 amide bonds. The number of nitrogens with zero attached hydrogens (tertiary/aromatic N) is 1. The number of benzene rings is 1. The minimum atomic E-state index is 0. The van der Waals surface area contributed by atoms with E-state index in [-0.39, 0.29) is 34.8 Å². The molecule has 0 aliphatic carbocycles. The second-order valence-electron chi connectivity index (χ2n) is 3.35. The molecule has 1 rings (SSSR count). The van der Waals surface area contributed by atoms with Crippen molar-refractivity contribution in [1.29, 1.82) is 0 Å². The van der Waals surface area contributed by atoms with E-state index in [0.29, 0.717) is 0 Å². The van der Waals surface area contributed by atoms with Crippen molar-refractivity contribution < 1.29 is 34.8 Å². The van der Waals surface area contributed by atoms with Crippen molar-refractivity contribution in [1.82, 2.24) is 4.48 Å². The van der Waals surface area contributed by atoms with Gasteiger partial charge in [0.15, 0.2) is 0 Å². The van der Waals surface area contributed by atoms with E-state index in [0.717, 1.165) is 4.48 Å².